The molecule has 0 saturated carbocycles. The van der Waals surface area contributed by atoms with Gasteiger partial charge in [-0.1, -0.05) is 13.8 Å². The van der Waals surface area contributed by atoms with E-state index in [1.165, 1.54) is 13.2 Å². The average molecular weight is 221 g/mol. The Morgan fingerprint density at radius 3 is 2.14 bits per heavy atom. The lowest BCUT2D eigenvalue weighted by Crippen LogP contribution is -2.40. The van der Waals surface area contributed by atoms with E-state index in [4.69, 9.17) is 0 Å². The zero-order chi connectivity index (χ0) is 11.4. The zero-order valence-corrected chi connectivity index (χ0v) is 10.0. The fraction of sp³-hybridized carbons (Fsp3) is 0.889. The number of hydrogen-bond donors (Lipinski definition) is 1. The Hall–Kier alpha value is -0.420. The Morgan fingerprint density at radius 2 is 1.86 bits per heavy atom. The summed E-state index contributed by atoms with van der Waals surface area (Å²) in [6, 6.07) is -0.159. The maximum absolute atomic E-state index is 11.1. The SMILES string of the molecule is CC(=O)C(CCS(C)(=O)=O)NC(C)C. The van der Waals surface area contributed by atoms with Gasteiger partial charge in [-0.15, -0.1) is 0 Å². The van der Waals surface area contributed by atoms with Gasteiger partial charge >= 0.3 is 0 Å². The van der Waals surface area contributed by atoms with E-state index in [1.807, 2.05) is 13.8 Å². The molecule has 0 heterocycles. The maximum atomic E-state index is 11.1. The molecule has 0 bridgehead atoms. The minimum atomic E-state index is -2.98. The number of hydrogen-bond acceptors (Lipinski definition) is 4. The van der Waals surface area contributed by atoms with Gasteiger partial charge < -0.3 is 5.32 Å². The van der Waals surface area contributed by atoms with Crippen molar-refractivity contribution in [3.05, 3.63) is 0 Å². The van der Waals surface area contributed by atoms with Gasteiger partial charge in [-0.25, -0.2) is 8.42 Å². The summed E-state index contributed by atoms with van der Waals surface area (Å²) in [6.07, 6.45) is 1.53. The van der Waals surface area contributed by atoms with Gasteiger partial charge in [0.25, 0.3) is 0 Å². The van der Waals surface area contributed by atoms with Crippen LogP contribution < -0.4 is 5.32 Å². The molecule has 0 amide bonds. The van der Waals surface area contributed by atoms with Gasteiger partial charge in [0.15, 0.2) is 0 Å². The van der Waals surface area contributed by atoms with Gasteiger partial charge in [0.05, 0.1) is 11.8 Å². The lowest BCUT2D eigenvalue weighted by molar-refractivity contribution is -0.119. The molecule has 14 heavy (non-hydrogen) atoms. The molecule has 0 aromatic heterocycles. The van der Waals surface area contributed by atoms with Crippen LogP contribution in [-0.4, -0.2) is 38.3 Å². The highest BCUT2D eigenvalue weighted by Crippen LogP contribution is 1.99. The molecule has 0 aliphatic heterocycles. The van der Waals surface area contributed by atoms with Gasteiger partial charge in [-0.2, -0.15) is 0 Å². The molecule has 0 aliphatic rings. The Bertz CT molecular complexity index is 282. The molecule has 0 rings (SSSR count). The molecule has 0 radical (unpaired) electrons. The first-order valence-corrected chi connectivity index (χ1v) is 6.72. The number of carbonyl (C=O) groups is 1. The van der Waals surface area contributed by atoms with Crippen LogP contribution in [-0.2, 0) is 14.6 Å². The molecule has 84 valence electrons. The highest BCUT2D eigenvalue weighted by atomic mass is 32.2. The number of rotatable bonds is 6. The average Bonchev–Trinajstić information content (AvgIpc) is 1.94. The Morgan fingerprint density at radius 1 is 1.36 bits per heavy atom. The van der Waals surface area contributed by atoms with Crippen molar-refractivity contribution in [3.8, 4) is 0 Å². The third-order valence-electron chi connectivity index (χ3n) is 1.80. The van der Waals surface area contributed by atoms with Crippen LogP contribution in [0.5, 0.6) is 0 Å². The van der Waals surface area contributed by atoms with E-state index in [-0.39, 0.29) is 23.6 Å². The van der Waals surface area contributed by atoms with Gasteiger partial charge in [0, 0.05) is 12.3 Å². The first kappa shape index (κ1) is 13.6. The maximum Gasteiger partial charge on any atom is 0.147 e. The lowest BCUT2D eigenvalue weighted by Gasteiger charge is -2.17. The molecule has 1 N–H and O–H groups in total. The second kappa shape index (κ2) is 5.46. The van der Waals surface area contributed by atoms with Crippen molar-refractivity contribution < 1.29 is 13.2 Å². The number of carbonyl (C=O) groups excluding carboxylic acids is 1. The summed E-state index contributed by atoms with van der Waals surface area (Å²) in [6.45, 7) is 5.33. The monoisotopic (exact) mass is 221 g/mol. The van der Waals surface area contributed by atoms with Crippen molar-refractivity contribution in [2.24, 2.45) is 0 Å². The molecule has 0 saturated heterocycles. The quantitative estimate of drug-likeness (QED) is 0.704. The first-order valence-electron chi connectivity index (χ1n) is 4.66. The van der Waals surface area contributed by atoms with Crippen LogP contribution in [0.25, 0.3) is 0 Å². The zero-order valence-electron chi connectivity index (χ0n) is 9.20. The fourth-order valence-electron chi connectivity index (χ4n) is 1.14. The number of nitrogens with one attached hydrogen (secondary N) is 1. The lowest BCUT2D eigenvalue weighted by atomic mass is 10.1. The summed E-state index contributed by atoms with van der Waals surface area (Å²) in [5.41, 5.74) is 0. The van der Waals surface area contributed by atoms with E-state index in [9.17, 15) is 13.2 Å². The van der Waals surface area contributed by atoms with Gasteiger partial charge in [-0.05, 0) is 13.3 Å². The smallest absolute Gasteiger partial charge is 0.147 e. The second-order valence-corrected chi connectivity index (χ2v) is 6.16. The van der Waals surface area contributed by atoms with Crippen LogP contribution in [0.2, 0.25) is 0 Å². The van der Waals surface area contributed by atoms with E-state index < -0.39 is 9.84 Å². The van der Waals surface area contributed by atoms with E-state index >= 15 is 0 Å². The van der Waals surface area contributed by atoms with Crippen molar-refractivity contribution in [2.45, 2.75) is 39.3 Å². The third-order valence-corrected chi connectivity index (χ3v) is 2.78. The minimum Gasteiger partial charge on any atom is -0.305 e. The molecular formula is C9H19NO3S. The number of Topliss-reactive ketones (excluding diaryl/α,β-unsaturated/α-hetero) is 1. The van der Waals surface area contributed by atoms with Crippen LogP contribution in [0, 0.1) is 0 Å². The van der Waals surface area contributed by atoms with Crippen molar-refractivity contribution >= 4 is 15.6 Å². The summed E-state index contributed by atoms with van der Waals surface area (Å²) in [5.74, 6) is 0.0408. The standard InChI is InChI=1S/C9H19NO3S/c1-7(2)10-9(8(3)11)5-6-14(4,12)13/h7,9-10H,5-6H2,1-4H3. The molecular weight excluding hydrogens is 202 g/mol. The second-order valence-electron chi connectivity index (χ2n) is 3.90. The van der Waals surface area contributed by atoms with Gasteiger partial charge in [-0.3, -0.25) is 4.79 Å². The molecule has 1 atom stereocenters. The summed E-state index contributed by atoms with van der Waals surface area (Å²) in [4.78, 5) is 11.1. The van der Waals surface area contributed by atoms with Crippen LogP contribution in [0.4, 0.5) is 0 Å². The van der Waals surface area contributed by atoms with E-state index in [1.54, 1.807) is 0 Å². The van der Waals surface area contributed by atoms with E-state index in [0.29, 0.717) is 6.42 Å². The van der Waals surface area contributed by atoms with Crippen LogP contribution in [0.3, 0.4) is 0 Å². The largest absolute Gasteiger partial charge is 0.305 e. The molecule has 5 heteroatoms. The van der Waals surface area contributed by atoms with Gasteiger partial charge in [0.1, 0.15) is 15.6 Å². The predicted molar refractivity (Wildman–Crippen MR) is 57.1 cm³/mol. The molecule has 0 aliphatic carbocycles. The molecule has 4 nitrogen and oxygen atoms in total. The van der Waals surface area contributed by atoms with Crippen molar-refractivity contribution in [1.82, 2.24) is 5.32 Å². The Kier molecular flexibility index (Phi) is 5.29. The highest BCUT2D eigenvalue weighted by molar-refractivity contribution is 7.90. The van der Waals surface area contributed by atoms with Crippen molar-refractivity contribution in [1.29, 1.82) is 0 Å². The van der Waals surface area contributed by atoms with Crippen LogP contribution in [0.15, 0.2) is 0 Å². The van der Waals surface area contributed by atoms with Crippen molar-refractivity contribution in [3.63, 3.8) is 0 Å². The first-order chi connectivity index (χ1) is 6.22. The van der Waals surface area contributed by atoms with Crippen molar-refractivity contribution in [2.75, 3.05) is 12.0 Å². The molecule has 0 spiro atoms. The summed E-state index contributed by atoms with van der Waals surface area (Å²) >= 11 is 0. The van der Waals surface area contributed by atoms with Gasteiger partial charge in [0.2, 0.25) is 0 Å². The third kappa shape index (κ3) is 7.03. The molecule has 0 fully saturated rings. The van der Waals surface area contributed by atoms with Crippen LogP contribution in [0.1, 0.15) is 27.2 Å². The van der Waals surface area contributed by atoms with E-state index in [2.05, 4.69) is 5.32 Å². The normalized spacial score (nSPS) is 14.4. The topological polar surface area (TPSA) is 63.2 Å². The predicted octanol–water partition coefficient (Wildman–Crippen LogP) is 0.377. The summed E-state index contributed by atoms with van der Waals surface area (Å²) in [7, 11) is -2.98. The Balaban J connectivity index is 4.18. The minimum absolute atomic E-state index is 0.0117. The molecule has 0 aromatic carbocycles. The Labute approximate surface area is 86.0 Å². The highest BCUT2D eigenvalue weighted by Gasteiger charge is 2.16. The molecule has 1 unspecified atom stereocenters. The summed E-state index contributed by atoms with van der Waals surface area (Å²) in [5, 5.41) is 3.04. The molecule has 0 aromatic rings. The fourth-order valence-corrected chi connectivity index (χ4v) is 1.80. The number of ketones is 1. The van der Waals surface area contributed by atoms with E-state index in [0.717, 1.165) is 0 Å². The number of sulfone groups is 1. The summed E-state index contributed by atoms with van der Waals surface area (Å²) < 4.78 is 21.8. The van der Waals surface area contributed by atoms with Crippen LogP contribution >= 0.6 is 0 Å².